The molecule has 3 aromatic carbocycles. The number of benzene rings is 3. The number of carbonyl (C=O) groups is 4. The highest BCUT2D eigenvalue weighted by atomic mass is 16.5. The monoisotopic (exact) mass is 677 g/mol. The zero-order valence-electron chi connectivity index (χ0n) is 28.9. The van der Waals surface area contributed by atoms with E-state index in [9.17, 15) is 34.5 Å². The van der Waals surface area contributed by atoms with Crippen LogP contribution in [0.1, 0.15) is 82.1 Å². The van der Waals surface area contributed by atoms with Gasteiger partial charge in [-0.15, -0.1) is 0 Å². The van der Waals surface area contributed by atoms with E-state index >= 15 is 0 Å². The first-order valence-corrected chi connectivity index (χ1v) is 17.1. The van der Waals surface area contributed by atoms with Gasteiger partial charge in [0.05, 0.1) is 29.3 Å². The summed E-state index contributed by atoms with van der Waals surface area (Å²) in [5, 5.41) is 40.3. The molecule has 3 rings (SSSR count). The molecule has 11 nitrogen and oxygen atoms in total. The van der Waals surface area contributed by atoms with Crippen molar-refractivity contribution in [1.82, 2.24) is 10.6 Å². The summed E-state index contributed by atoms with van der Waals surface area (Å²) in [6, 6.07) is 17.7. The van der Waals surface area contributed by atoms with Crippen molar-refractivity contribution in [2.75, 3.05) is 11.9 Å². The lowest BCUT2D eigenvalue weighted by Crippen LogP contribution is -2.55. The number of unbranched alkanes of at least 4 members (excludes halogenated alkanes) is 1. The minimum absolute atomic E-state index is 0.0159. The first kappa shape index (κ1) is 39.0. The van der Waals surface area contributed by atoms with Gasteiger partial charge in [-0.25, -0.2) is 4.79 Å². The van der Waals surface area contributed by atoms with E-state index in [2.05, 4.69) is 16.0 Å². The lowest BCUT2D eigenvalue weighted by molar-refractivity contribution is -0.143. The number of carboxylic acids is 1. The van der Waals surface area contributed by atoms with Crippen LogP contribution in [0.4, 0.5) is 5.69 Å². The van der Waals surface area contributed by atoms with Crippen molar-refractivity contribution in [1.29, 1.82) is 0 Å². The Labute approximate surface area is 288 Å². The van der Waals surface area contributed by atoms with E-state index in [0.29, 0.717) is 24.9 Å². The smallest absolute Gasteiger partial charge is 0.340 e. The highest BCUT2D eigenvalue weighted by Crippen LogP contribution is 2.29. The molecule has 0 heterocycles. The van der Waals surface area contributed by atoms with Gasteiger partial charge in [0.1, 0.15) is 18.7 Å². The van der Waals surface area contributed by atoms with Crippen molar-refractivity contribution >= 4 is 40.2 Å². The third-order valence-electron chi connectivity index (χ3n) is 8.47. The van der Waals surface area contributed by atoms with Crippen LogP contribution in [-0.4, -0.2) is 69.9 Å². The molecule has 6 N–H and O–H groups in total. The maximum atomic E-state index is 13.6. The normalized spacial score (nSPS) is 14.3. The van der Waals surface area contributed by atoms with Gasteiger partial charge in [-0.2, -0.15) is 0 Å². The van der Waals surface area contributed by atoms with E-state index in [1.165, 1.54) is 0 Å². The summed E-state index contributed by atoms with van der Waals surface area (Å²) < 4.78 is 5.62. The van der Waals surface area contributed by atoms with Gasteiger partial charge in [0.15, 0.2) is 0 Å². The van der Waals surface area contributed by atoms with E-state index in [1.807, 2.05) is 81.4 Å². The molecule has 49 heavy (non-hydrogen) atoms. The molecule has 3 aromatic rings. The number of nitrogens with one attached hydrogen (secondary N) is 3. The second-order valence-corrected chi connectivity index (χ2v) is 12.9. The van der Waals surface area contributed by atoms with Crippen molar-refractivity contribution < 1.29 is 39.2 Å². The number of aliphatic hydroxyl groups is 2. The molecule has 0 aliphatic carbocycles. The van der Waals surface area contributed by atoms with Crippen molar-refractivity contribution in [3.8, 4) is 0 Å². The molecule has 5 atom stereocenters. The molecule has 0 aliphatic heterocycles. The molecular formula is C38H51N3O8. The molecule has 0 saturated heterocycles. The van der Waals surface area contributed by atoms with Crippen molar-refractivity contribution in [3.05, 3.63) is 77.9 Å². The Bertz CT molecular complexity index is 1530. The van der Waals surface area contributed by atoms with E-state index in [4.69, 9.17) is 4.74 Å². The number of carbonyl (C=O) groups excluding carboxylic acids is 3. The molecule has 2 amide bonds. The number of hydrogen-bond donors (Lipinski definition) is 6. The van der Waals surface area contributed by atoms with Crippen LogP contribution >= 0.6 is 0 Å². The van der Waals surface area contributed by atoms with Crippen LogP contribution in [0.5, 0.6) is 0 Å². The second kappa shape index (κ2) is 19.5. The van der Waals surface area contributed by atoms with Crippen LogP contribution in [0.2, 0.25) is 0 Å². The molecule has 2 unspecified atom stereocenters. The quantitative estimate of drug-likeness (QED) is 0.0896. The number of rotatable bonds is 20. The van der Waals surface area contributed by atoms with Crippen LogP contribution < -0.4 is 16.0 Å². The molecule has 0 aliphatic rings. The van der Waals surface area contributed by atoms with Crippen molar-refractivity contribution in [3.63, 3.8) is 0 Å². The van der Waals surface area contributed by atoms with Crippen LogP contribution in [0, 0.1) is 11.8 Å². The molecule has 266 valence electrons. The number of esters is 1. The summed E-state index contributed by atoms with van der Waals surface area (Å²) in [7, 11) is 0. The van der Waals surface area contributed by atoms with Crippen LogP contribution in [0.3, 0.4) is 0 Å². The number of anilines is 1. The predicted molar refractivity (Wildman–Crippen MR) is 189 cm³/mol. The van der Waals surface area contributed by atoms with Gasteiger partial charge in [-0.05, 0) is 55.5 Å². The minimum Gasteiger partial charge on any atom is -0.481 e. The Morgan fingerprint density at radius 1 is 0.837 bits per heavy atom. The minimum atomic E-state index is -1.17. The Morgan fingerprint density at radius 3 is 2.18 bits per heavy atom. The number of aliphatic hydroxyl groups excluding tert-OH is 2. The molecule has 0 bridgehead atoms. The summed E-state index contributed by atoms with van der Waals surface area (Å²) in [6.07, 6.45) is 0.828. The molecule has 0 radical (unpaired) electrons. The third-order valence-corrected chi connectivity index (χ3v) is 8.47. The lowest BCUT2D eigenvalue weighted by Gasteiger charge is -2.30. The zero-order valence-corrected chi connectivity index (χ0v) is 28.9. The Morgan fingerprint density at radius 2 is 1.53 bits per heavy atom. The third kappa shape index (κ3) is 11.9. The average Bonchev–Trinajstić information content (AvgIpc) is 3.08. The molecular weight excluding hydrogens is 626 g/mol. The topological polar surface area (TPSA) is 174 Å². The standard InChI is InChI=1S/C38H51N3O8/c1-5-6-16-31(36(45)41-32(21-24(2)3)33(43)22-28(19-20-42)37(46)47)40-35(44)25(4)39-34-29-15-11-10-14-27(29)17-18-30(34)38(48)49-23-26-12-8-7-9-13-26/h7-15,17-18,24-25,28,31-33,39,42-43H,5-6,16,19-23H2,1-4H3,(H,40,44)(H,41,45)(H,46,47)/t25?,28?,31-,32-,33-/m0/s1. The average molecular weight is 678 g/mol. The summed E-state index contributed by atoms with van der Waals surface area (Å²) in [6.45, 7) is 7.22. The number of ether oxygens (including phenoxy) is 1. The fourth-order valence-corrected chi connectivity index (χ4v) is 5.71. The van der Waals surface area contributed by atoms with E-state index < -0.39 is 53.9 Å². The molecule has 0 aromatic heterocycles. The molecule has 0 saturated carbocycles. The van der Waals surface area contributed by atoms with Gasteiger partial charge < -0.3 is 36.0 Å². The number of amides is 2. The van der Waals surface area contributed by atoms with Gasteiger partial charge in [0.2, 0.25) is 11.8 Å². The van der Waals surface area contributed by atoms with Crippen molar-refractivity contribution in [2.24, 2.45) is 11.8 Å². The van der Waals surface area contributed by atoms with Crippen molar-refractivity contribution in [2.45, 2.75) is 97.1 Å². The van der Waals surface area contributed by atoms with E-state index in [1.54, 1.807) is 13.0 Å². The Balaban J connectivity index is 1.79. The highest BCUT2D eigenvalue weighted by Gasteiger charge is 2.31. The maximum Gasteiger partial charge on any atom is 0.340 e. The number of carboxylic acid groups (broad SMARTS) is 1. The number of hydrogen-bond acceptors (Lipinski definition) is 8. The SMILES string of the molecule is CCCC[C@H](NC(=O)C(C)Nc1c(C(=O)OCc2ccccc2)ccc2ccccc12)C(=O)N[C@@H](CC(C)C)[C@@H](O)CC(CCO)C(=O)O. The van der Waals surface area contributed by atoms with Gasteiger partial charge in [-0.3, -0.25) is 14.4 Å². The summed E-state index contributed by atoms with van der Waals surface area (Å²) >= 11 is 0. The van der Waals surface area contributed by atoms with E-state index in [-0.39, 0.29) is 37.5 Å². The molecule has 0 fully saturated rings. The second-order valence-electron chi connectivity index (χ2n) is 12.9. The first-order chi connectivity index (χ1) is 23.4. The Kier molecular flexibility index (Phi) is 15.5. The first-order valence-electron chi connectivity index (χ1n) is 17.1. The lowest BCUT2D eigenvalue weighted by atomic mass is 9.90. The largest absolute Gasteiger partial charge is 0.481 e. The predicted octanol–water partition coefficient (Wildman–Crippen LogP) is 5.04. The highest BCUT2D eigenvalue weighted by molar-refractivity contribution is 6.07. The van der Waals surface area contributed by atoms with E-state index in [0.717, 1.165) is 22.8 Å². The van der Waals surface area contributed by atoms with Gasteiger partial charge in [0.25, 0.3) is 0 Å². The summed E-state index contributed by atoms with van der Waals surface area (Å²) in [5.74, 6) is -3.53. The molecule has 11 heteroatoms. The zero-order chi connectivity index (χ0) is 35.9. The Hall–Kier alpha value is -4.48. The molecule has 0 spiro atoms. The summed E-state index contributed by atoms with van der Waals surface area (Å²) in [5.41, 5.74) is 1.54. The number of fused-ring (bicyclic) bond motifs is 1. The van der Waals surface area contributed by atoms with Gasteiger partial charge >= 0.3 is 11.9 Å². The summed E-state index contributed by atoms with van der Waals surface area (Å²) in [4.78, 5) is 52.3. The van der Waals surface area contributed by atoms with Gasteiger partial charge in [0, 0.05) is 12.0 Å². The van der Waals surface area contributed by atoms with Crippen LogP contribution in [0.25, 0.3) is 10.8 Å². The number of aliphatic carboxylic acids is 1. The maximum absolute atomic E-state index is 13.6. The van der Waals surface area contributed by atoms with Gasteiger partial charge in [-0.1, -0.05) is 94.3 Å². The van der Waals surface area contributed by atoms with Crippen LogP contribution in [-0.2, 0) is 25.7 Å². The fourth-order valence-electron chi connectivity index (χ4n) is 5.71. The van der Waals surface area contributed by atoms with Crippen LogP contribution in [0.15, 0.2) is 66.7 Å². The fraction of sp³-hybridized carbons (Fsp3) is 0.474.